The van der Waals surface area contributed by atoms with E-state index in [9.17, 15) is 4.79 Å². The zero-order valence-corrected chi connectivity index (χ0v) is 15.9. The number of aromatic nitrogens is 2. The Kier molecular flexibility index (Phi) is 5.18. The number of rotatable bonds is 4. The molecule has 2 aliphatic carbocycles. The van der Waals surface area contributed by atoms with Gasteiger partial charge in [0.25, 0.3) is 0 Å². The number of fused-ring (bicyclic) bond motifs is 1. The van der Waals surface area contributed by atoms with Crippen LogP contribution in [0.4, 0.5) is 0 Å². The van der Waals surface area contributed by atoms with E-state index in [1.54, 1.807) is 11.8 Å². The van der Waals surface area contributed by atoms with Gasteiger partial charge < -0.3 is 0 Å². The van der Waals surface area contributed by atoms with Crippen molar-refractivity contribution < 1.29 is 0 Å². The summed E-state index contributed by atoms with van der Waals surface area (Å²) in [6.45, 7) is 0. The van der Waals surface area contributed by atoms with Crippen LogP contribution in [-0.4, -0.2) is 9.55 Å². The number of hydrogen-bond donors (Lipinski definition) is 0. The monoisotopic (exact) mass is 374 g/mol. The average Bonchev–Trinajstić information content (AvgIpc) is 3.11. The van der Waals surface area contributed by atoms with Crippen LogP contribution in [0.25, 0.3) is 0 Å². The van der Waals surface area contributed by atoms with E-state index in [1.807, 2.05) is 28.8 Å². The first-order chi connectivity index (χ1) is 12.2. The Morgan fingerprint density at radius 3 is 2.60 bits per heavy atom. The van der Waals surface area contributed by atoms with Crippen LogP contribution in [0.2, 0.25) is 5.02 Å². The second kappa shape index (κ2) is 7.55. The summed E-state index contributed by atoms with van der Waals surface area (Å²) in [5.41, 5.74) is 3.76. The van der Waals surface area contributed by atoms with Gasteiger partial charge in [-0.05, 0) is 49.8 Å². The van der Waals surface area contributed by atoms with Gasteiger partial charge in [0, 0.05) is 28.1 Å². The van der Waals surface area contributed by atoms with Gasteiger partial charge in [0.05, 0.1) is 0 Å². The van der Waals surface area contributed by atoms with E-state index < -0.39 is 0 Å². The molecule has 0 N–H and O–H groups in total. The van der Waals surface area contributed by atoms with E-state index in [0.29, 0.717) is 6.04 Å². The molecule has 1 aromatic heterocycles. The Bertz CT molecular complexity index is 810. The Balaban J connectivity index is 1.61. The maximum Gasteiger partial charge on any atom is 0.349 e. The van der Waals surface area contributed by atoms with Gasteiger partial charge in [-0.25, -0.2) is 4.79 Å². The first kappa shape index (κ1) is 17.2. The minimum Gasteiger partial charge on any atom is -0.293 e. The third kappa shape index (κ3) is 3.65. The maximum atomic E-state index is 12.8. The van der Waals surface area contributed by atoms with Crippen LogP contribution in [-0.2, 0) is 18.6 Å². The van der Waals surface area contributed by atoms with Crippen molar-refractivity contribution in [1.29, 1.82) is 0 Å². The minimum absolute atomic E-state index is 0.0360. The third-order valence-corrected chi connectivity index (χ3v) is 6.71. The Morgan fingerprint density at radius 1 is 1.08 bits per heavy atom. The zero-order chi connectivity index (χ0) is 17.2. The van der Waals surface area contributed by atoms with Gasteiger partial charge in [-0.2, -0.15) is 4.98 Å². The second-order valence-electron chi connectivity index (χ2n) is 7.06. The van der Waals surface area contributed by atoms with Crippen molar-refractivity contribution in [2.75, 3.05) is 0 Å². The Labute approximate surface area is 157 Å². The molecule has 1 aromatic carbocycles. The highest BCUT2D eigenvalue weighted by Crippen LogP contribution is 2.35. The summed E-state index contributed by atoms with van der Waals surface area (Å²) in [5, 5.41) is 1.70. The van der Waals surface area contributed by atoms with E-state index in [4.69, 9.17) is 11.6 Å². The summed E-state index contributed by atoms with van der Waals surface area (Å²) < 4.78 is 2.05. The predicted octanol–water partition coefficient (Wildman–Crippen LogP) is 5.18. The van der Waals surface area contributed by atoms with Gasteiger partial charge in [0.2, 0.25) is 0 Å². The standard InChI is InChI=1S/C20H23ClN2OS/c21-15-11-9-14(10-12-15)13-25-19-17-7-4-8-18(17)23(20(24)22-19)16-5-2-1-3-6-16/h9-12,16H,1-8,13H2. The molecule has 0 unspecified atom stereocenters. The summed E-state index contributed by atoms with van der Waals surface area (Å²) >= 11 is 7.64. The van der Waals surface area contributed by atoms with E-state index in [1.165, 1.54) is 36.1 Å². The van der Waals surface area contributed by atoms with Crippen LogP contribution < -0.4 is 5.69 Å². The van der Waals surface area contributed by atoms with Crippen molar-refractivity contribution in [3.63, 3.8) is 0 Å². The van der Waals surface area contributed by atoms with Gasteiger partial charge in [-0.1, -0.05) is 43.0 Å². The average molecular weight is 375 g/mol. The lowest BCUT2D eigenvalue weighted by molar-refractivity contribution is 0.334. The summed E-state index contributed by atoms with van der Waals surface area (Å²) in [6, 6.07) is 8.28. The quantitative estimate of drug-likeness (QED) is 0.546. The Hall–Kier alpha value is -1.26. The molecule has 5 heteroatoms. The van der Waals surface area contributed by atoms with E-state index in [-0.39, 0.29) is 5.69 Å². The van der Waals surface area contributed by atoms with Gasteiger partial charge in [0.1, 0.15) is 5.03 Å². The highest BCUT2D eigenvalue weighted by molar-refractivity contribution is 7.98. The van der Waals surface area contributed by atoms with Crippen molar-refractivity contribution in [3.8, 4) is 0 Å². The fraction of sp³-hybridized carbons (Fsp3) is 0.500. The van der Waals surface area contributed by atoms with Crippen LogP contribution in [0.15, 0.2) is 34.1 Å². The van der Waals surface area contributed by atoms with E-state index >= 15 is 0 Å². The van der Waals surface area contributed by atoms with Crippen molar-refractivity contribution in [2.45, 2.75) is 68.2 Å². The smallest absolute Gasteiger partial charge is 0.293 e. The molecule has 0 atom stereocenters. The van der Waals surface area contributed by atoms with E-state index in [2.05, 4.69) is 4.98 Å². The third-order valence-electron chi connectivity index (χ3n) is 5.37. The van der Waals surface area contributed by atoms with Crippen molar-refractivity contribution >= 4 is 23.4 Å². The molecular formula is C20H23ClN2OS. The van der Waals surface area contributed by atoms with Crippen LogP contribution in [0.5, 0.6) is 0 Å². The SMILES string of the molecule is O=c1nc(SCc2ccc(Cl)cc2)c2c(n1C1CCCCC1)CCC2. The minimum atomic E-state index is -0.0360. The summed E-state index contributed by atoms with van der Waals surface area (Å²) in [6.07, 6.45) is 9.25. The van der Waals surface area contributed by atoms with Gasteiger partial charge in [-0.3, -0.25) is 4.57 Å². The maximum absolute atomic E-state index is 12.8. The van der Waals surface area contributed by atoms with Crippen LogP contribution in [0.3, 0.4) is 0 Å². The molecule has 25 heavy (non-hydrogen) atoms. The van der Waals surface area contributed by atoms with Crippen LogP contribution in [0.1, 0.15) is 61.4 Å². The fourth-order valence-electron chi connectivity index (χ4n) is 4.12. The van der Waals surface area contributed by atoms with Crippen molar-refractivity contribution in [1.82, 2.24) is 9.55 Å². The molecule has 1 saturated carbocycles. The van der Waals surface area contributed by atoms with Crippen LogP contribution >= 0.6 is 23.4 Å². The van der Waals surface area contributed by atoms with Gasteiger partial charge in [-0.15, -0.1) is 11.8 Å². The topological polar surface area (TPSA) is 34.9 Å². The first-order valence-corrected chi connectivity index (χ1v) is 10.6. The number of halogens is 1. The number of benzene rings is 1. The van der Waals surface area contributed by atoms with Crippen LogP contribution in [0, 0.1) is 0 Å². The summed E-state index contributed by atoms with van der Waals surface area (Å²) in [7, 11) is 0. The molecule has 2 aromatic rings. The van der Waals surface area contributed by atoms with Gasteiger partial charge in [0.15, 0.2) is 0 Å². The summed E-state index contributed by atoms with van der Waals surface area (Å²) in [4.78, 5) is 17.3. The molecule has 132 valence electrons. The normalized spacial score (nSPS) is 17.6. The molecule has 4 rings (SSSR count). The number of hydrogen-bond acceptors (Lipinski definition) is 3. The molecule has 0 aliphatic heterocycles. The summed E-state index contributed by atoms with van der Waals surface area (Å²) in [5.74, 6) is 0.823. The molecule has 2 aliphatic rings. The van der Waals surface area contributed by atoms with Crippen molar-refractivity contribution in [2.24, 2.45) is 0 Å². The Morgan fingerprint density at radius 2 is 1.84 bits per heavy atom. The van der Waals surface area contributed by atoms with Crippen molar-refractivity contribution in [3.05, 3.63) is 56.6 Å². The number of nitrogens with zero attached hydrogens (tertiary/aromatic N) is 2. The first-order valence-electron chi connectivity index (χ1n) is 9.24. The highest BCUT2D eigenvalue weighted by atomic mass is 35.5. The zero-order valence-electron chi connectivity index (χ0n) is 14.3. The molecular weight excluding hydrogens is 352 g/mol. The molecule has 0 amide bonds. The lowest BCUT2D eigenvalue weighted by Crippen LogP contribution is -2.31. The molecule has 0 bridgehead atoms. The molecule has 1 fully saturated rings. The largest absolute Gasteiger partial charge is 0.349 e. The molecule has 0 saturated heterocycles. The highest BCUT2D eigenvalue weighted by Gasteiger charge is 2.26. The lowest BCUT2D eigenvalue weighted by Gasteiger charge is -2.26. The second-order valence-corrected chi connectivity index (χ2v) is 8.46. The van der Waals surface area contributed by atoms with Gasteiger partial charge >= 0.3 is 5.69 Å². The number of thioether (sulfide) groups is 1. The van der Waals surface area contributed by atoms with E-state index in [0.717, 1.165) is 47.9 Å². The molecule has 0 spiro atoms. The molecule has 3 nitrogen and oxygen atoms in total. The fourth-order valence-corrected chi connectivity index (χ4v) is 5.27. The molecule has 0 radical (unpaired) electrons. The molecule has 1 heterocycles. The predicted molar refractivity (Wildman–Crippen MR) is 104 cm³/mol. The lowest BCUT2D eigenvalue weighted by atomic mass is 9.95.